The van der Waals surface area contributed by atoms with Gasteiger partial charge in [-0.1, -0.05) is 41.4 Å². The molecule has 4 rings (SSSR count). The summed E-state index contributed by atoms with van der Waals surface area (Å²) in [4.78, 5) is 39.6. The SMILES string of the molecule is CCOc1cc(/C=C2\SC(=O)N(Cc3ccc(I)cc3)C2=O)cc(Cl)c1OC(=O)c1cccc(Cl)c1. The molecule has 0 aromatic heterocycles. The van der Waals surface area contributed by atoms with E-state index in [2.05, 4.69) is 22.6 Å². The Labute approximate surface area is 235 Å². The van der Waals surface area contributed by atoms with Gasteiger partial charge in [0.1, 0.15) is 0 Å². The van der Waals surface area contributed by atoms with Crippen LogP contribution in [0.1, 0.15) is 28.4 Å². The number of ether oxygens (including phenoxy) is 2. The molecule has 0 N–H and O–H groups in total. The van der Waals surface area contributed by atoms with Gasteiger partial charge in [0.25, 0.3) is 11.1 Å². The van der Waals surface area contributed by atoms with Gasteiger partial charge in [0.2, 0.25) is 0 Å². The van der Waals surface area contributed by atoms with Crippen molar-refractivity contribution in [1.29, 1.82) is 0 Å². The molecule has 1 aliphatic rings. The fourth-order valence-corrected chi connectivity index (χ4v) is 5.01. The predicted molar refractivity (Wildman–Crippen MR) is 150 cm³/mol. The summed E-state index contributed by atoms with van der Waals surface area (Å²) in [6, 6.07) is 17.1. The van der Waals surface area contributed by atoms with E-state index in [-0.39, 0.29) is 45.4 Å². The van der Waals surface area contributed by atoms with Crippen LogP contribution >= 0.6 is 57.6 Å². The van der Waals surface area contributed by atoms with Gasteiger partial charge < -0.3 is 9.47 Å². The molecule has 3 aromatic carbocycles. The topological polar surface area (TPSA) is 72.9 Å². The Kier molecular flexibility index (Phi) is 8.61. The van der Waals surface area contributed by atoms with E-state index in [4.69, 9.17) is 32.7 Å². The maximum absolute atomic E-state index is 13.0. The Morgan fingerprint density at radius 2 is 1.83 bits per heavy atom. The highest BCUT2D eigenvalue weighted by molar-refractivity contribution is 14.1. The fourth-order valence-electron chi connectivity index (χ4n) is 3.36. The van der Waals surface area contributed by atoms with Crippen molar-refractivity contribution in [2.24, 2.45) is 0 Å². The van der Waals surface area contributed by atoms with Crippen LogP contribution < -0.4 is 9.47 Å². The molecule has 0 aliphatic carbocycles. The minimum atomic E-state index is -0.648. The number of hydrogen-bond acceptors (Lipinski definition) is 6. The Hall–Kier alpha value is -2.53. The van der Waals surface area contributed by atoms with E-state index in [0.717, 1.165) is 20.9 Å². The minimum Gasteiger partial charge on any atom is -0.490 e. The Balaban J connectivity index is 1.58. The first-order valence-electron chi connectivity index (χ1n) is 10.7. The largest absolute Gasteiger partial charge is 0.490 e. The lowest BCUT2D eigenvalue weighted by Gasteiger charge is -2.14. The summed E-state index contributed by atoms with van der Waals surface area (Å²) in [6.45, 7) is 2.25. The molecule has 1 heterocycles. The van der Waals surface area contributed by atoms with Gasteiger partial charge in [-0.05, 0) is 101 Å². The number of nitrogens with zero attached hydrogens (tertiary/aromatic N) is 1. The smallest absolute Gasteiger partial charge is 0.343 e. The van der Waals surface area contributed by atoms with Crippen molar-refractivity contribution in [1.82, 2.24) is 4.90 Å². The van der Waals surface area contributed by atoms with Gasteiger partial charge >= 0.3 is 5.97 Å². The van der Waals surface area contributed by atoms with Crippen molar-refractivity contribution in [3.63, 3.8) is 0 Å². The molecular formula is C26H18Cl2INO5S. The monoisotopic (exact) mass is 653 g/mol. The molecule has 1 saturated heterocycles. The maximum atomic E-state index is 13.0. The summed E-state index contributed by atoms with van der Waals surface area (Å²) in [7, 11) is 0. The van der Waals surface area contributed by atoms with Crippen molar-refractivity contribution in [2.75, 3.05) is 6.61 Å². The molecule has 0 spiro atoms. The van der Waals surface area contributed by atoms with Crippen LogP contribution in [0.25, 0.3) is 6.08 Å². The molecule has 0 saturated carbocycles. The van der Waals surface area contributed by atoms with Gasteiger partial charge in [0.05, 0.1) is 28.6 Å². The van der Waals surface area contributed by atoms with E-state index in [0.29, 0.717) is 10.6 Å². The molecule has 0 unspecified atom stereocenters. The number of rotatable bonds is 7. The van der Waals surface area contributed by atoms with E-state index in [1.54, 1.807) is 37.3 Å². The number of carbonyl (C=O) groups is 3. The summed E-state index contributed by atoms with van der Waals surface area (Å²) in [5.41, 5.74) is 1.63. The van der Waals surface area contributed by atoms with Crippen molar-refractivity contribution in [3.8, 4) is 11.5 Å². The maximum Gasteiger partial charge on any atom is 0.343 e. The van der Waals surface area contributed by atoms with E-state index in [1.165, 1.54) is 17.0 Å². The number of amides is 2. The Bertz CT molecular complexity index is 1380. The van der Waals surface area contributed by atoms with Gasteiger partial charge in [0.15, 0.2) is 11.5 Å². The number of esters is 1. The Morgan fingerprint density at radius 3 is 2.53 bits per heavy atom. The molecule has 1 aliphatic heterocycles. The van der Waals surface area contributed by atoms with Crippen molar-refractivity contribution in [3.05, 3.63) is 95.9 Å². The van der Waals surface area contributed by atoms with E-state index in [9.17, 15) is 14.4 Å². The van der Waals surface area contributed by atoms with Gasteiger partial charge in [-0.25, -0.2) is 4.79 Å². The lowest BCUT2D eigenvalue weighted by atomic mass is 10.1. The number of imide groups is 1. The van der Waals surface area contributed by atoms with E-state index >= 15 is 0 Å². The number of carbonyl (C=O) groups excluding carboxylic acids is 3. The highest BCUT2D eigenvalue weighted by atomic mass is 127. The second-order valence-electron chi connectivity index (χ2n) is 7.56. The van der Waals surface area contributed by atoms with Crippen LogP contribution in [-0.2, 0) is 11.3 Å². The molecule has 0 bridgehead atoms. The first-order chi connectivity index (χ1) is 17.2. The van der Waals surface area contributed by atoms with Crippen LogP contribution in [0, 0.1) is 3.57 Å². The molecular weight excluding hydrogens is 636 g/mol. The summed E-state index contributed by atoms with van der Waals surface area (Å²) >= 11 is 15.5. The van der Waals surface area contributed by atoms with Crippen LogP contribution in [0.3, 0.4) is 0 Å². The third-order valence-electron chi connectivity index (χ3n) is 5.01. The van der Waals surface area contributed by atoms with Crippen molar-refractivity contribution in [2.45, 2.75) is 13.5 Å². The van der Waals surface area contributed by atoms with E-state index < -0.39 is 11.9 Å². The van der Waals surface area contributed by atoms with Crippen molar-refractivity contribution >= 4 is 80.7 Å². The first kappa shape index (κ1) is 26.5. The lowest BCUT2D eigenvalue weighted by Crippen LogP contribution is -2.27. The number of halogens is 3. The number of benzene rings is 3. The minimum absolute atomic E-state index is 0.0486. The summed E-state index contributed by atoms with van der Waals surface area (Å²) in [5.74, 6) is -0.767. The number of thioether (sulfide) groups is 1. The molecule has 0 radical (unpaired) electrons. The fraction of sp³-hybridized carbons (Fsp3) is 0.115. The molecule has 3 aromatic rings. The third-order valence-corrected chi connectivity index (χ3v) is 7.15. The zero-order valence-electron chi connectivity index (χ0n) is 18.8. The quantitative estimate of drug-likeness (QED) is 0.114. The highest BCUT2D eigenvalue weighted by Crippen LogP contribution is 2.40. The molecule has 184 valence electrons. The predicted octanol–water partition coefficient (Wildman–Crippen LogP) is 7.45. The van der Waals surface area contributed by atoms with Gasteiger partial charge in [-0.15, -0.1) is 0 Å². The van der Waals surface area contributed by atoms with Gasteiger partial charge in [-0.3, -0.25) is 14.5 Å². The molecule has 6 nitrogen and oxygen atoms in total. The molecule has 2 amide bonds. The molecule has 1 fully saturated rings. The van der Waals surface area contributed by atoms with Crippen LogP contribution in [0.2, 0.25) is 10.0 Å². The van der Waals surface area contributed by atoms with Gasteiger partial charge in [0, 0.05) is 8.59 Å². The lowest BCUT2D eigenvalue weighted by molar-refractivity contribution is -0.123. The molecule has 0 atom stereocenters. The number of hydrogen-bond donors (Lipinski definition) is 0. The normalized spacial score (nSPS) is 14.4. The van der Waals surface area contributed by atoms with Crippen LogP contribution in [-0.4, -0.2) is 28.6 Å². The van der Waals surface area contributed by atoms with E-state index in [1.807, 2.05) is 24.3 Å². The van der Waals surface area contributed by atoms with Crippen LogP contribution in [0.4, 0.5) is 4.79 Å². The summed E-state index contributed by atoms with van der Waals surface area (Å²) in [5, 5.41) is 0.153. The average molecular weight is 654 g/mol. The van der Waals surface area contributed by atoms with Crippen LogP contribution in [0.15, 0.2) is 65.6 Å². The second kappa shape index (κ2) is 11.7. The first-order valence-corrected chi connectivity index (χ1v) is 13.3. The van der Waals surface area contributed by atoms with Gasteiger partial charge in [-0.2, -0.15) is 0 Å². The standard InChI is InChI=1S/C26H18Cl2INO5S/c1-2-34-21-11-16(10-20(28)23(21)35-25(32)17-4-3-5-18(27)13-17)12-22-24(31)30(26(33)36-22)14-15-6-8-19(29)9-7-15/h3-13H,2,14H2,1H3/b22-12-. The zero-order valence-corrected chi connectivity index (χ0v) is 23.3. The molecule has 10 heteroatoms. The van der Waals surface area contributed by atoms with Crippen molar-refractivity contribution < 1.29 is 23.9 Å². The summed E-state index contributed by atoms with van der Waals surface area (Å²) < 4.78 is 12.2. The average Bonchev–Trinajstić information content (AvgIpc) is 3.10. The van der Waals surface area contributed by atoms with Crippen LogP contribution in [0.5, 0.6) is 11.5 Å². The highest BCUT2D eigenvalue weighted by Gasteiger charge is 2.35. The third kappa shape index (κ3) is 6.23. The summed E-state index contributed by atoms with van der Waals surface area (Å²) in [6.07, 6.45) is 1.57. The zero-order chi connectivity index (χ0) is 25.8. The molecule has 36 heavy (non-hydrogen) atoms. The Morgan fingerprint density at radius 1 is 1.08 bits per heavy atom. The second-order valence-corrected chi connectivity index (χ2v) is 10.6.